The van der Waals surface area contributed by atoms with Gasteiger partial charge in [0.1, 0.15) is 0 Å². The van der Waals surface area contributed by atoms with E-state index in [0.717, 1.165) is 13.0 Å². The van der Waals surface area contributed by atoms with Crippen LogP contribution in [0.4, 0.5) is 0 Å². The van der Waals surface area contributed by atoms with Gasteiger partial charge in [-0.05, 0) is 30.3 Å². The van der Waals surface area contributed by atoms with Gasteiger partial charge in [-0.15, -0.1) is 0 Å². The van der Waals surface area contributed by atoms with Crippen LogP contribution in [0.5, 0.6) is 0 Å². The maximum absolute atomic E-state index is 6.09. The summed E-state index contributed by atoms with van der Waals surface area (Å²) in [7, 11) is -1.55. The van der Waals surface area contributed by atoms with Crippen LogP contribution in [0, 0.1) is 0 Å². The number of aromatic amines is 1. The van der Waals surface area contributed by atoms with E-state index in [-0.39, 0.29) is 0 Å². The molecule has 1 aromatic rings. The van der Waals surface area contributed by atoms with Crippen molar-refractivity contribution in [1.29, 1.82) is 0 Å². The third-order valence-corrected chi connectivity index (χ3v) is 7.84. The number of aromatic nitrogens is 1. The third kappa shape index (κ3) is 3.50. The molecular weight excluding hydrogens is 202 g/mol. The predicted molar refractivity (Wildman–Crippen MR) is 67.6 cm³/mol. The van der Waals surface area contributed by atoms with Gasteiger partial charge in [0.2, 0.25) is 0 Å². The Hall–Kier alpha value is -0.543. The normalized spacial score (nSPS) is 13.1. The van der Waals surface area contributed by atoms with Crippen LogP contribution in [0.3, 0.4) is 0 Å². The molecule has 0 aliphatic rings. The van der Waals surface area contributed by atoms with Crippen molar-refractivity contribution in [1.82, 2.24) is 4.98 Å². The van der Waals surface area contributed by atoms with E-state index in [2.05, 4.69) is 44.9 Å². The summed E-state index contributed by atoms with van der Waals surface area (Å²) in [6.45, 7) is 12.2. The summed E-state index contributed by atoms with van der Waals surface area (Å²) in [4.78, 5) is 3.20. The molecule has 0 saturated heterocycles. The highest BCUT2D eigenvalue weighted by Gasteiger charge is 2.36. The Morgan fingerprint density at radius 1 is 1.33 bits per heavy atom. The largest absolute Gasteiger partial charge is 0.416 e. The van der Waals surface area contributed by atoms with Gasteiger partial charge in [-0.25, -0.2) is 0 Å². The molecule has 3 heteroatoms. The van der Waals surface area contributed by atoms with Crippen LogP contribution < -0.4 is 0 Å². The van der Waals surface area contributed by atoms with Crippen LogP contribution in [0.1, 0.15) is 26.5 Å². The fourth-order valence-corrected chi connectivity index (χ4v) is 2.20. The number of hydrogen-bond acceptors (Lipinski definition) is 1. The first-order valence-corrected chi connectivity index (χ1v) is 8.50. The fourth-order valence-electron chi connectivity index (χ4n) is 1.16. The molecule has 0 atom stereocenters. The van der Waals surface area contributed by atoms with E-state index in [1.54, 1.807) is 0 Å². The minimum absolute atomic E-state index is 0.308. The Morgan fingerprint density at radius 3 is 2.47 bits per heavy atom. The lowest BCUT2D eigenvalue weighted by molar-refractivity contribution is 0.291. The molecule has 0 aromatic carbocycles. The topological polar surface area (TPSA) is 25.0 Å². The minimum Gasteiger partial charge on any atom is -0.416 e. The lowest BCUT2D eigenvalue weighted by atomic mass is 10.2. The molecule has 1 aromatic heterocycles. The molecule has 15 heavy (non-hydrogen) atoms. The summed E-state index contributed by atoms with van der Waals surface area (Å²) in [5.74, 6) is 0. The lowest BCUT2D eigenvalue weighted by Gasteiger charge is -2.36. The van der Waals surface area contributed by atoms with Crippen LogP contribution in [0.2, 0.25) is 18.1 Å². The van der Waals surface area contributed by atoms with Gasteiger partial charge in [0.05, 0.1) is 0 Å². The van der Waals surface area contributed by atoms with E-state index in [1.807, 2.05) is 12.3 Å². The van der Waals surface area contributed by atoms with E-state index >= 15 is 0 Å². The van der Waals surface area contributed by atoms with Gasteiger partial charge in [0.25, 0.3) is 0 Å². The Labute approximate surface area is 94.2 Å². The maximum Gasteiger partial charge on any atom is 0.191 e. The number of nitrogens with one attached hydrogen (secondary N) is 1. The third-order valence-electron chi connectivity index (χ3n) is 3.30. The van der Waals surface area contributed by atoms with E-state index in [0.29, 0.717) is 5.04 Å². The first kappa shape index (κ1) is 12.5. The summed E-state index contributed by atoms with van der Waals surface area (Å²) in [6, 6.07) is 4.14. The van der Waals surface area contributed by atoms with E-state index in [9.17, 15) is 0 Å². The first-order valence-electron chi connectivity index (χ1n) is 5.59. The summed E-state index contributed by atoms with van der Waals surface area (Å²) in [5.41, 5.74) is 1.26. The van der Waals surface area contributed by atoms with Crippen molar-refractivity contribution < 1.29 is 4.43 Å². The van der Waals surface area contributed by atoms with E-state index < -0.39 is 8.32 Å². The SMILES string of the molecule is CC(C)(C)[Si](C)(C)OCCc1ccc[nH]1. The van der Waals surface area contributed by atoms with Gasteiger partial charge in [0.15, 0.2) is 8.32 Å². The Bertz CT molecular complexity index is 285. The summed E-state index contributed by atoms with van der Waals surface area (Å²) in [5, 5.41) is 0.308. The van der Waals surface area contributed by atoms with E-state index in [1.165, 1.54) is 5.69 Å². The van der Waals surface area contributed by atoms with Crippen molar-refractivity contribution in [3.05, 3.63) is 24.0 Å². The average Bonchev–Trinajstić information content (AvgIpc) is 2.54. The number of rotatable bonds is 4. The molecule has 1 heterocycles. The molecule has 1 N–H and O–H groups in total. The van der Waals surface area contributed by atoms with Crippen LogP contribution in [-0.2, 0) is 10.8 Å². The Balaban J connectivity index is 2.37. The van der Waals surface area contributed by atoms with Crippen molar-refractivity contribution >= 4 is 8.32 Å². The zero-order chi connectivity index (χ0) is 11.5. The molecule has 2 nitrogen and oxygen atoms in total. The molecule has 0 saturated carbocycles. The molecule has 0 bridgehead atoms. The molecule has 0 unspecified atom stereocenters. The van der Waals surface area contributed by atoms with Gasteiger partial charge in [-0.3, -0.25) is 0 Å². The van der Waals surface area contributed by atoms with Crippen LogP contribution in [0.25, 0.3) is 0 Å². The molecular formula is C12H23NOSi. The molecule has 0 aliphatic heterocycles. The Morgan fingerprint density at radius 2 is 2.00 bits per heavy atom. The molecule has 1 rings (SSSR count). The molecule has 0 aliphatic carbocycles. The second-order valence-corrected chi connectivity index (χ2v) is 10.4. The van der Waals surface area contributed by atoms with Crippen molar-refractivity contribution in [2.75, 3.05) is 6.61 Å². The van der Waals surface area contributed by atoms with Gasteiger partial charge >= 0.3 is 0 Å². The second-order valence-electron chi connectivity index (χ2n) is 5.55. The summed E-state index contributed by atoms with van der Waals surface area (Å²) >= 11 is 0. The standard InChI is InChI=1S/C12H23NOSi/c1-12(2,3)15(4,5)14-10-8-11-7-6-9-13-11/h6-7,9,13H,8,10H2,1-5H3. The van der Waals surface area contributed by atoms with Crippen LogP contribution in [-0.4, -0.2) is 19.9 Å². The highest BCUT2D eigenvalue weighted by Crippen LogP contribution is 2.36. The smallest absolute Gasteiger partial charge is 0.191 e. The second kappa shape index (κ2) is 4.54. The minimum atomic E-state index is -1.55. The summed E-state index contributed by atoms with van der Waals surface area (Å²) < 4.78 is 6.09. The van der Waals surface area contributed by atoms with Crippen molar-refractivity contribution in [3.63, 3.8) is 0 Å². The van der Waals surface area contributed by atoms with Gasteiger partial charge in [0, 0.05) is 24.9 Å². The number of H-pyrrole nitrogens is 1. The monoisotopic (exact) mass is 225 g/mol. The lowest BCUT2D eigenvalue weighted by Crippen LogP contribution is -2.41. The molecule has 0 fully saturated rings. The first-order chi connectivity index (χ1) is 6.83. The van der Waals surface area contributed by atoms with Gasteiger partial charge < -0.3 is 9.41 Å². The quantitative estimate of drug-likeness (QED) is 0.778. The molecule has 0 radical (unpaired) electrons. The zero-order valence-corrected chi connectivity index (χ0v) is 11.6. The maximum atomic E-state index is 6.09. The van der Waals surface area contributed by atoms with Crippen molar-refractivity contribution in [2.45, 2.75) is 45.3 Å². The number of hydrogen-bond donors (Lipinski definition) is 1. The van der Waals surface area contributed by atoms with Crippen LogP contribution >= 0.6 is 0 Å². The Kier molecular flexibility index (Phi) is 3.79. The average molecular weight is 225 g/mol. The zero-order valence-electron chi connectivity index (χ0n) is 10.6. The fraction of sp³-hybridized carbons (Fsp3) is 0.667. The van der Waals surface area contributed by atoms with Crippen LogP contribution in [0.15, 0.2) is 18.3 Å². The molecule has 0 amide bonds. The highest BCUT2D eigenvalue weighted by molar-refractivity contribution is 6.74. The van der Waals surface area contributed by atoms with Gasteiger partial charge in [-0.2, -0.15) is 0 Å². The van der Waals surface area contributed by atoms with Gasteiger partial charge in [-0.1, -0.05) is 20.8 Å². The van der Waals surface area contributed by atoms with Crippen molar-refractivity contribution in [2.24, 2.45) is 0 Å². The van der Waals surface area contributed by atoms with E-state index in [4.69, 9.17) is 4.43 Å². The van der Waals surface area contributed by atoms with Crippen molar-refractivity contribution in [3.8, 4) is 0 Å². The predicted octanol–water partition coefficient (Wildman–Crippen LogP) is 3.58. The summed E-state index contributed by atoms with van der Waals surface area (Å²) in [6.07, 6.45) is 2.95. The highest BCUT2D eigenvalue weighted by atomic mass is 28.4. The molecule has 86 valence electrons. The molecule has 0 spiro atoms.